The summed E-state index contributed by atoms with van der Waals surface area (Å²) >= 11 is 1.53. The van der Waals surface area contributed by atoms with Gasteiger partial charge in [-0.05, 0) is 26.1 Å². The molecule has 0 radical (unpaired) electrons. The predicted octanol–water partition coefficient (Wildman–Crippen LogP) is 2.22. The van der Waals surface area contributed by atoms with Crippen molar-refractivity contribution in [1.29, 1.82) is 0 Å². The van der Waals surface area contributed by atoms with E-state index in [1.807, 2.05) is 6.92 Å². The zero-order valence-corrected chi connectivity index (χ0v) is 12.3. The van der Waals surface area contributed by atoms with Crippen molar-refractivity contribution < 1.29 is 8.42 Å². The number of hydrogen-bond donors (Lipinski definition) is 2. The number of nitrogens with zero attached hydrogens (tertiary/aromatic N) is 1. The molecule has 1 atom stereocenters. The molecule has 19 heavy (non-hydrogen) atoms. The molecule has 0 fully saturated rings. The average molecular weight is 297 g/mol. The summed E-state index contributed by atoms with van der Waals surface area (Å²) in [7, 11) is -2.07. The second kappa shape index (κ2) is 5.68. The van der Waals surface area contributed by atoms with E-state index in [2.05, 4.69) is 15.0 Å². The van der Waals surface area contributed by atoms with Crippen molar-refractivity contribution in [3.05, 3.63) is 40.8 Å². The normalized spacial score (nSPS) is 13.2. The van der Waals surface area contributed by atoms with Crippen molar-refractivity contribution in [3.8, 4) is 0 Å². The van der Waals surface area contributed by atoms with Crippen LogP contribution in [0.15, 0.2) is 40.9 Å². The fraction of sp³-hybridized carbons (Fsp3) is 0.250. The van der Waals surface area contributed by atoms with Crippen LogP contribution in [0.25, 0.3) is 0 Å². The first-order valence-corrected chi connectivity index (χ1v) is 8.08. The van der Waals surface area contributed by atoms with Crippen molar-refractivity contribution in [3.63, 3.8) is 0 Å². The van der Waals surface area contributed by atoms with Crippen molar-refractivity contribution in [2.24, 2.45) is 0 Å². The summed E-state index contributed by atoms with van der Waals surface area (Å²) in [5, 5.41) is 3.20. The van der Waals surface area contributed by atoms with Crippen LogP contribution in [0.1, 0.15) is 17.8 Å². The van der Waals surface area contributed by atoms with Gasteiger partial charge in [0.1, 0.15) is 4.90 Å². The Bertz CT molecular complexity index is 639. The highest BCUT2D eigenvalue weighted by Gasteiger charge is 2.17. The Balaban J connectivity index is 2.31. The van der Waals surface area contributed by atoms with Gasteiger partial charge in [0, 0.05) is 11.1 Å². The summed E-state index contributed by atoms with van der Waals surface area (Å²) in [6.45, 7) is 1.97. The summed E-state index contributed by atoms with van der Waals surface area (Å²) in [6.07, 6.45) is 1.78. The topological polar surface area (TPSA) is 71.1 Å². The minimum Gasteiger partial charge on any atom is -0.377 e. The van der Waals surface area contributed by atoms with E-state index >= 15 is 0 Å². The van der Waals surface area contributed by atoms with Gasteiger partial charge in [-0.15, -0.1) is 11.3 Å². The zero-order chi connectivity index (χ0) is 13.9. The van der Waals surface area contributed by atoms with Gasteiger partial charge < -0.3 is 5.32 Å². The zero-order valence-electron chi connectivity index (χ0n) is 10.6. The number of aromatic nitrogens is 1. The molecule has 102 valence electrons. The number of sulfonamides is 1. The van der Waals surface area contributed by atoms with Crippen LogP contribution in [0, 0.1) is 0 Å². The minimum atomic E-state index is -3.47. The highest BCUT2D eigenvalue weighted by Crippen LogP contribution is 2.26. The Kier molecular flexibility index (Phi) is 4.18. The van der Waals surface area contributed by atoms with Gasteiger partial charge in [-0.3, -0.25) is 4.98 Å². The minimum absolute atomic E-state index is 0.000654. The fourth-order valence-electron chi connectivity index (χ4n) is 1.67. The smallest absolute Gasteiger partial charge is 0.242 e. The van der Waals surface area contributed by atoms with E-state index in [9.17, 15) is 8.42 Å². The fourth-order valence-corrected chi connectivity index (χ4v) is 3.20. The highest BCUT2D eigenvalue weighted by molar-refractivity contribution is 7.89. The van der Waals surface area contributed by atoms with Crippen LogP contribution >= 0.6 is 11.3 Å². The lowest BCUT2D eigenvalue weighted by atomic mass is 10.2. The molecule has 0 aliphatic carbocycles. The molecule has 1 aromatic heterocycles. The molecule has 0 saturated carbocycles. The molecule has 0 saturated heterocycles. The molecule has 0 spiro atoms. The van der Waals surface area contributed by atoms with E-state index in [0.29, 0.717) is 5.69 Å². The van der Waals surface area contributed by atoms with E-state index in [0.717, 1.165) is 4.88 Å². The molecule has 0 aliphatic heterocycles. The quantitative estimate of drug-likeness (QED) is 0.888. The first kappa shape index (κ1) is 14.0. The van der Waals surface area contributed by atoms with Gasteiger partial charge in [-0.1, -0.05) is 12.1 Å². The molecule has 1 aromatic carbocycles. The summed E-state index contributed by atoms with van der Waals surface area (Å²) in [5.74, 6) is 0. The van der Waals surface area contributed by atoms with Crippen molar-refractivity contribution in [1.82, 2.24) is 9.71 Å². The standard InChI is InChI=1S/C12H15N3O2S2/c1-9(11-7-14-8-18-11)15-10-5-3-4-6-12(10)19(16,17)13-2/h3-9,13,15H,1-2H3. The molecular formula is C12H15N3O2S2. The van der Waals surface area contributed by atoms with Gasteiger partial charge >= 0.3 is 0 Å². The molecule has 2 aromatic rings. The molecule has 1 unspecified atom stereocenters. The van der Waals surface area contributed by atoms with Crippen LogP contribution in [-0.2, 0) is 10.0 Å². The monoisotopic (exact) mass is 297 g/mol. The maximum absolute atomic E-state index is 11.9. The lowest BCUT2D eigenvalue weighted by Gasteiger charge is -2.16. The van der Waals surface area contributed by atoms with Gasteiger partial charge in [0.25, 0.3) is 0 Å². The second-order valence-electron chi connectivity index (χ2n) is 3.97. The molecule has 5 nitrogen and oxygen atoms in total. The average Bonchev–Trinajstić information content (AvgIpc) is 2.93. The Morgan fingerprint density at radius 2 is 2.05 bits per heavy atom. The SMILES string of the molecule is CNS(=O)(=O)c1ccccc1NC(C)c1cncs1. The predicted molar refractivity (Wildman–Crippen MR) is 76.8 cm³/mol. The third-order valence-electron chi connectivity index (χ3n) is 2.70. The van der Waals surface area contributed by atoms with Crippen molar-refractivity contribution >= 4 is 27.0 Å². The van der Waals surface area contributed by atoms with E-state index < -0.39 is 10.0 Å². The van der Waals surface area contributed by atoms with E-state index in [1.165, 1.54) is 18.4 Å². The Hall–Kier alpha value is -1.44. The van der Waals surface area contributed by atoms with E-state index in [-0.39, 0.29) is 10.9 Å². The molecule has 0 amide bonds. The maximum atomic E-state index is 11.9. The first-order chi connectivity index (χ1) is 9.04. The molecule has 0 aliphatic rings. The Morgan fingerprint density at radius 3 is 2.68 bits per heavy atom. The number of para-hydroxylation sites is 1. The lowest BCUT2D eigenvalue weighted by molar-refractivity contribution is 0.588. The summed E-state index contributed by atoms with van der Waals surface area (Å²) in [6, 6.07) is 6.83. The van der Waals surface area contributed by atoms with Crippen LogP contribution in [0.2, 0.25) is 0 Å². The van der Waals surface area contributed by atoms with E-state index in [4.69, 9.17) is 0 Å². The summed E-state index contributed by atoms with van der Waals surface area (Å²) in [5.41, 5.74) is 2.33. The van der Waals surface area contributed by atoms with E-state index in [1.54, 1.807) is 36.0 Å². The maximum Gasteiger partial charge on any atom is 0.242 e. The number of benzene rings is 1. The van der Waals surface area contributed by atoms with Crippen LogP contribution in [-0.4, -0.2) is 20.4 Å². The third kappa shape index (κ3) is 3.12. The van der Waals surface area contributed by atoms with Gasteiger partial charge in [-0.25, -0.2) is 13.1 Å². The van der Waals surface area contributed by atoms with Crippen LogP contribution in [0.3, 0.4) is 0 Å². The molecular weight excluding hydrogens is 282 g/mol. The lowest BCUT2D eigenvalue weighted by Crippen LogP contribution is -2.20. The van der Waals surface area contributed by atoms with Crippen LogP contribution in [0.5, 0.6) is 0 Å². The van der Waals surface area contributed by atoms with Gasteiger partial charge in [-0.2, -0.15) is 0 Å². The number of rotatable bonds is 5. The Labute approximate surface area is 116 Å². The number of nitrogens with one attached hydrogen (secondary N) is 2. The van der Waals surface area contributed by atoms with Gasteiger partial charge in [0.15, 0.2) is 0 Å². The van der Waals surface area contributed by atoms with Gasteiger partial charge in [0.2, 0.25) is 10.0 Å². The third-order valence-corrected chi connectivity index (χ3v) is 5.13. The first-order valence-electron chi connectivity index (χ1n) is 5.72. The highest BCUT2D eigenvalue weighted by atomic mass is 32.2. The van der Waals surface area contributed by atoms with Gasteiger partial charge in [0.05, 0.1) is 17.2 Å². The molecule has 1 heterocycles. The molecule has 0 bridgehead atoms. The number of hydrogen-bond acceptors (Lipinski definition) is 5. The molecule has 2 N–H and O–H groups in total. The van der Waals surface area contributed by atoms with Crippen molar-refractivity contribution in [2.45, 2.75) is 17.9 Å². The number of anilines is 1. The van der Waals surface area contributed by atoms with Crippen molar-refractivity contribution in [2.75, 3.05) is 12.4 Å². The van der Waals surface area contributed by atoms with Crippen LogP contribution in [0.4, 0.5) is 5.69 Å². The molecule has 7 heteroatoms. The summed E-state index contributed by atoms with van der Waals surface area (Å²) < 4.78 is 26.2. The molecule has 2 rings (SSSR count). The largest absolute Gasteiger partial charge is 0.377 e. The second-order valence-corrected chi connectivity index (χ2v) is 6.75. The number of thiazole rings is 1. The Morgan fingerprint density at radius 1 is 1.32 bits per heavy atom. The van der Waals surface area contributed by atoms with Crippen LogP contribution < -0.4 is 10.0 Å². The summed E-state index contributed by atoms with van der Waals surface area (Å²) in [4.78, 5) is 5.32.